The summed E-state index contributed by atoms with van der Waals surface area (Å²) < 4.78 is 44.2. The van der Waals surface area contributed by atoms with Crippen LogP contribution in [0, 0.1) is 21.4 Å². The second-order valence-electron chi connectivity index (χ2n) is 3.27. The number of ether oxygens (including phenoxy) is 2. The van der Waals surface area contributed by atoms with E-state index >= 15 is 0 Å². The molecule has 0 radical (unpaired) electrons. The van der Waals surface area contributed by atoms with E-state index in [1.807, 2.05) is 0 Å². The quantitative estimate of drug-likeness (QED) is 0.480. The molecule has 1 aromatic rings. The van der Waals surface area contributed by atoms with Gasteiger partial charge >= 0.3 is 18.0 Å². The van der Waals surface area contributed by atoms with Crippen LogP contribution in [0.15, 0.2) is 12.1 Å². The number of nitro benzene ring substituents is 1. The second-order valence-corrected chi connectivity index (χ2v) is 3.27. The van der Waals surface area contributed by atoms with Crippen LogP contribution in [-0.4, -0.2) is 24.4 Å². The number of nitriles is 1. The summed E-state index contributed by atoms with van der Waals surface area (Å²) in [5, 5.41) is 19.4. The predicted molar refractivity (Wildman–Crippen MR) is 55.8 cm³/mol. The number of rotatable bonds is 3. The van der Waals surface area contributed by atoms with E-state index in [0.717, 1.165) is 7.11 Å². The largest absolute Gasteiger partial charge is 0.573 e. The van der Waals surface area contributed by atoms with Gasteiger partial charge in [0.2, 0.25) is 5.75 Å². The molecule has 0 heterocycles. The lowest BCUT2D eigenvalue weighted by Gasteiger charge is -2.10. The molecule has 0 aliphatic heterocycles. The number of hydrogen-bond donors (Lipinski definition) is 0. The zero-order valence-corrected chi connectivity index (χ0v) is 9.72. The lowest BCUT2D eigenvalue weighted by atomic mass is 10.1. The molecule has 0 bridgehead atoms. The van der Waals surface area contributed by atoms with Crippen molar-refractivity contribution in [3.8, 4) is 11.8 Å². The first-order chi connectivity index (χ1) is 9.19. The maximum absolute atomic E-state index is 12.2. The normalized spacial score (nSPS) is 10.6. The highest BCUT2D eigenvalue weighted by Crippen LogP contribution is 2.34. The molecule has 0 saturated heterocycles. The molecular formula is C10H5F3N2O5. The molecule has 0 aliphatic rings. The van der Waals surface area contributed by atoms with Gasteiger partial charge in [0.15, 0.2) is 0 Å². The summed E-state index contributed by atoms with van der Waals surface area (Å²) in [5.74, 6) is -2.33. The Morgan fingerprint density at radius 1 is 1.45 bits per heavy atom. The molecule has 0 unspecified atom stereocenters. The van der Waals surface area contributed by atoms with Crippen molar-refractivity contribution in [2.75, 3.05) is 7.11 Å². The van der Waals surface area contributed by atoms with Crippen molar-refractivity contribution in [1.82, 2.24) is 0 Å². The van der Waals surface area contributed by atoms with Crippen molar-refractivity contribution >= 4 is 11.7 Å². The number of benzene rings is 1. The van der Waals surface area contributed by atoms with Crippen LogP contribution in [0.1, 0.15) is 15.9 Å². The van der Waals surface area contributed by atoms with E-state index in [4.69, 9.17) is 5.26 Å². The van der Waals surface area contributed by atoms with Gasteiger partial charge in [-0.05, 0) is 0 Å². The Morgan fingerprint density at radius 2 is 2.05 bits per heavy atom. The standard InChI is InChI=1S/C10H5F3N2O5/c1-19-9(16)6-3-8(20-10(11,12)13)7(15(17)18)2-5(6)4-14/h2-3H,1H3. The van der Waals surface area contributed by atoms with E-state index in [0.29, 0.717) is 12.1 Å². The van der Waals surface area contributed by atoms with Crippen molar-refractivity contribution in [2.24, 2.45) is 0 Å². The van der Waals surface area contributed by atoms with Gasteiger partial charge in [0, 0.05) is 12.1 Å². The van der Waals surface area contributed by atoms with Crippen LogP contribution in [0.25, 0.3) is 0 Å². The first-order valence-electron chi connectivity index (χ1n) is 4.76. The zero-order chi connectivity index (χ0) is 15.5. The van der Waals surface area contributed by atoms with Gasteiger partial charge in [0.1, 0.15) is 6.07 Å². The van der Waals surface area contributed by atoms with Gasteiger partial charge in [0.05, 0.1) is 23.2 Å². The Morgan fingerprint density at radius 3 is 2.45 bits per heavy atom. The van der Waals surface area contributed by atoms with Gasteiger partial charge in [-0.1, -0.05) is 0 Å². The molecule has 1 aromatic carbocycles. The average molecular weight is 290 g/mol. The topological polar surface area (TPSA) is 102 Å². The molecular weight excluding hydrogens is 285 g/mol. The van der Waals surface area contributed by atoms with Crippen LogP contribution in [0.5, 0.6) is 5.75 Å². The van der Waals surface area contributed by atoms with Crippen molar-refractivity contribution < 1.29 is 32.4 Å². The SMILES string of the molecule is COC(=O)c1cc(OC(F)(F)F)c([N+](=O)[O-])cc1C#N. The van der Waals surface area contributed by atoms with Crippen molar-refractivity contribution in [2.45, 2.75) is 6.36 Å². The van der Waals surface area contributed by atoms with Gasteiger partial charge in [-0.3, -0.25) is 10.1 Å². The number of nitro groups is 1. The summed E-state index contributed by atoms with van der Waals surface area (Å²) in [7, 11) is 0.940. The van der Waals surface area contributed by atoms with E-state index < -0.39 is 39.8 Å². The summed E-state index contributed by atoms with van der Waals surface area (Å²) in [6.45, 7) is 0. The third kappa shape index (κ3) is 3.35. The second kappa shape index (κ2) is 5.43. The molecule has 0 N–H and O–H groups in total. The molecule has 0 amide bonds. The third-order valence-electron chi connectivity index (χ3n) is 2.05. The molecule has 1 rings (SSSR count). The predicted octanol–water partition coefficient (Wildman–Crippen LogP) is 2.15. The number of nitrogens with zero attached hydrogens (tertiary/aromatic N) is 2. The van der Waals surface area contributed by atoms with E-state index in [1.54, 1.807) is 0 Å². The Kier molecular flexibility index (Phi) is 4.14. The van der Waals surface area contributed by atoms with Crippen LogP contribution in [0.2, 0.25) is 0 Å². The summed E-state index contributed by atoms with van der Waals surface area (Å²) in [6.07, 6.45) is -5.19. The van der Waals surface area contributed by atoms with Crippen LogP contribution in [-0.2, 0) is 4.74 Å². The van der Waals surface area contributed by atoms with Gasteiger partial charge in [0.25, 0.3) is 0 Å². The summed E-state index contributed by atoms with van der Waals surface area (Å²) >= 11 is 0. The minimum Gasteiger partial charge on any atom is -0.465 e. The summed E-state index contributed by atoms with van der Waals surface area (Å²) in [5.41, 5.74) is -2.16. The molecule has 7 nitrogen and oxygen atoms in total. The van der Waals surface area contributed by atoms with Crippen LogP contribution >= 0.6 is 0 Å². The van der Waals surface area contributed by atoms with Gasteiger partial charge in [-0.2, -0.15) is 5.26 Å². The number of alkyl halides is 3. The fraction of sp³-hybridized carbons (Fsp3) is 0.200. The van der Waals surface area contributed by atoms with Crippen molar-refractivity contribution in [1.29, 1.82) is 5.26 Å². The molecule has 0 aromatic heterocycles. The highest BCUT2D eigenvalue weighted by molar-refractivity contribution is 5.93. The van der Waals surface area contributed by atoms with Crippen molar-refractivity contribution in [3.63, 3.8) is 0 Å². The van der Waals surface area contributed by atoms with Gasteiger partial charge < -0.3 is 9.47 Å². The monoisotopic (exact) mass is 290 g/mol. The van der Waals surface area contributed by atoms with Gasteiger partial charge in [-0.25, -0.2) is 4.79 Å². The Labute approximate surface area is 109 Å². The molecule has 0 saturated carbocycles. The average Bonchev–Trinajstić information content (AvgIpc) is 2.35. The number of esters is 1. The summed E-state index contributed by atoms with van der Waals surface area (Å²) in [4.78, 5) is 20.8. The maximum atomic E-state index is 12.2. The van der Waals surface area contributed by atoms with E-state index in [9.17, 15) is 28.1 Å². The van der Waals surface area contributed by atoms with Crippen LogP contribution in [0.3, 0.4) is 0 Å². The smallest absolute Gasteiger partial charge is 0.465 e. The minimum atomic E-state index is -5.19. The first-order valence-corrected chi connectivity index (χ1v) is 4.76. The molecule has 10 heteroatoms. The van der Waals surface area contributed by atoms with Gasteiger partial charge in [-0.15, -0.1) is 13.2 Å². The minimum absolute atomic E-state index is 0.440. The molecule has 0 atom stereocenters. The molecule has 0 spiro atoms. The van der Waals surface area contributed by atoms with E-state index in [1.165, 1.54) is 6.07 Å². The maximum Gasteiger partial charge on any atom is 0.573 e. The van der Waals surface area contributed by atoms with Crippen LogP contribution < -0.4 is 4.74 Å². The fourth-order valence-corrected chi connectivity index (χ4v) is 1.29. The lowest BCUT2D eigenvalue weighted by molar-refractivity contribution is -0.388. The Bertz CT molecular complexity index is 606. The third-order valence-corrected chi connectivity index (χ3v) is 2.05. The van der Waals surface area contributed by atoms with E-state index in [2.05, 4.69) is 9.47 Å². The molecule has 106 valence electrons. The Hall–Kier alpha value is -2.83. The van der Waals surface area contributed by atoms with Crippen LogP contribution in [0.4, 0.5) is 18.9 Å². The van der Waals surface area contributed by atoms with Crippen molar-refractivity contribution in [3.05, 3.63) is 33.4 Å². The first kappa shape index (κ1) is 15.2. The number of methoxy groups -OCH3 is 1. The number of carbonyl (C=O) groups is 1. The zero-order valence-electron chi connectivity index (χ0n) is 9.72. The Balaban J connectivity index is 3.51. The highest BCUT2D eigenvalue weighted by Gasteiger charge is 2.35. The molecule has 0 aliphatic carbocycles. The fourth-order valence-electron chi connectivity index (χ4n) is 1.29. The number of hydrogen-bond acceptors (Lipinski definition) is 6. The highest BCUT2D eigenvalue weighted by atomic mass is 19.4. The molecule has 0 fully saturated rings. The summed E-state index contributed by atoms with van der Waals surface area (Å²) in [6, 6.07) is 2.40. The number of carbonyl (C=O) groups excluding carboxylic acids is 1. The lowest BCUT2D eigenvalue weighted by Crippen LogP contribution is -2.18. The van der Waals surface area contributed by atoms with E-state index in [-0.39, 0.29) is 0 Å². The molecule has 20 heavy (non-hydrogen) atoms. The number of halogens is 3.